The number of carbonyl (C=O) groups is 2. The molecule has 2 amide bonds. The van der Waals surface area contributed by atoms with Crippen LogP contribution in [0.25, 0.3) is 6.08 Å². The topological polar surface area (TPSA) is 58.6 Å². The lowest BCUT2D eigenvalue weighted by Crippen LogP contribution is -2.33. The summed E-state index contributed by atoms with van der Waals surface area (Å²) in [7, 11) is 3.19. The fourth-order valence-corrected chi connectivity index (χ4v) is 2.82. The Bertz CT molecular complexity index is 805. The van der Waals surface area contributed by atoms with Crippen LogP contribution < -0.4 is 10.1 Å². The molecule has 5 nitrogen and oxygen atoms in total. The minimum Gasteiger partial charge on any atom is -0.497 e. The van der Waals surface area contributed by atoms with Gasteiger partial charge in [0.2, 0.25) is 11.8 Å². The lowest BCUT2D eigenvalue weighted by atomic mass is 10.2. The SMILES string of the molecule is COc1cccc(C=CC(=O)N(C)CC(=O)Nc2ccccc2SC)c1. The molecule has 2 rings (SSSR count). The van der Waals surface area contributed by atoms with E-state index in [1.54, 1.807) is 32.0 Å². The van der Waals surface area contributed by atoms with Gasteiger partial charge < -0.3 is 15.0 Å². The predicted molar refractivity (Wildman–Crippen MR) is 107 cm³/mol. The maximum absolute atomic E-state index is 12.2. The normalized spacial score (nSPS) is 10.6. The van der Waals surface area contributed by atoms with Gasteiger partial charge in [0.15, 0.2) is 0 Å². The average Bonchev–Trinajstić information content (AvgIpc) is 2.66. The second kappa shape index (κ2) is 9.68. The Hall–Kier alpha value is -2.73. The van der Waals surface area contributed by atoms with Crippen LogP contribution in [0.15, 0.2) is 59.5 Å². The van der Waals surface area contributed by atoms with E-state index in [4.69, 9.17) is 4.74 Å². The summed E-state index contributed by atoms with van der Waals surface area (Å²) in [5.74, 6) is 0.234. The van der Waals surface area contributed by atoms with Crippen LogP contribution in [-0.2, 0) is 9.59 Å². The summed E-state index contributed by atoms with van der Waals surface area (Å²) in [6.07, 6.45) is 5.09. The maximum Gasteiger partial charge on any atom is 0.246 e. The van der Waals surface area contributed by atoms with Crippen molar-refractivity contribution in [3.05, 3.63) is 60.2 Å². The molecular weight excluding hydrogens is 348 g/mol. The molecule has 2 aromatic carbocycles. The molecule has 0 heterocycles. The second-order valence-corrected chi connectivity index (χ2v) is 6.40. The van der Waals surface area contributed by atoms with E-state index in [0.29, 0.717) is 0 Å². The fraction of sp³-hybridized carbons (Fsp3) is 0.200. The number of rotatable bonds is 7. The first-order valence-corrected chi connectivity index (χ1v) is 9.26. The standard InChI is InChI=1S/C20H22N2O3S/c1-22(14-19(23)21-17-9-4-5-10-18(17)26-3)20(24)12-11-15-7-6-8-16(13-15)25-2/h4-13H,14H2,1-3H3,(H,21,23). The van der Waals surface area contributed by atoms with E-state index in [-0.39, 0.29) is 18.4 Å². The predicted octanol–water partition coefficient (Wildman–Crippen LogP) is 3.53. The molecule has 0 aliphatic carbocycles. The van der Waals surface area contributed by atoms with Crippen molar-refractivity contribution >= 4 is 35.3 Å². The van der Waals surface area contributed by atoms with Crippen LogP contribution in [0.4, 0.5) is 5.69 Å². The molecule has 26 heavy (non-hydrogen) atoms. The van der Waals surface area contributed by atoms with Crippen molar-refractivity contribution in [2.24, 2.45) is 0 Å². The van der Waals surface area contributed by atoms with Gasteiger partial charge in [-0.2, -0.15) is 0 Å². The quantitative estimate of drug-likeness (QED) is 0.598. The summed E-state index contributed by atoms with van der Waals surface area (Å²) in [6, 6.07) is 14.9. The van der Waals surface area contributed by atoms with E-state index in [1.807, 2.05) is 54.8 Å². The van der Waals surface area contributed by atoms with E-state index in [9.17, 15) is 9.59 Å². The monoisotopic (exact) mass is 370 g/mol. The van der Waals surface area contributed by atoms with Gasteiger partial charge in [0.25, 0.3) is 0 Å². The molecule has 6 heteroatoms. The fourth-order valence-electron chi connectivity index (χ4n) is 2.27. The van der Waals surface area contributed by atoms with Crippen LogP contribution in [0.2, 0.25) is 0 Å². The lowest BCUT2D eigenvalue weighted by Gasteiger charge is -2.15. The van der Waals surface area contributed by atoms with Crippen LogP contribution in [0.3, 0.4) is 0 Å². The van der Waals surface area contributed by atoms with E-state index in [2.05, 4.69) is 5.32 Å². The molecule has 2 aromatic rings. The molecule has 0 aromatic heterocycles. The number of para-hydroxylation sites is 1. The van der Waals surface area contributed by atoms with Crippen LogP contribution in [0.1, 0.15) is 5.56 Å². The highest BCUT2D eigenvalue weighted by molar-refractivity contribution is 7.98. The van der Waals surface area contributed by atoms with Crippen molar-refractivity contribution in [3.8, 4) is 5.75 Å². The third kappa shape index (κ3) is 5.67. The largest absolute Gasteiger partial charge is 0.497 e. The number of benzene rings is 2. The first-order chi connectivity index (χ1) is 12.5. The minimum absolute atomic E-state index is 0.0238. The maximum atomic E-state index is 12.2. The second-order valence-electron chi connectivity index (χ2n) is 5.55. The van der Waals surface area contributed by atoms with Crippen LogP contribution in [0, 0.1) is 0 Å². The van der Waals surface area contributed by atoms with E-state index < -0.39 is 0 Å². The Balaban J connectivity index is 1.93. The third-order valence-corrected chi connectivity index (χ3v) is 4.45. The van der Waals surface area contributed by atoms with E-state index in [0.717, 1.165) is 21.9 Å². The Kier molecular flexibility index (Phi) is 7.29. The third-order valence-electron chi connectivity index (χ3n) is 3.65. The molecule has 0 unspecified atom stereocenters. The van der Waals surface area contributed by atoms with Crippen molar-refractivity contribution < 1.29 is 14.3 Å². The Morgan fingerprint density at radius 3 is 2.69 bits per heavy atom. The molecule has 0 bridgehead atoms. The molecule has 0 atom stereocenters. The molecular formula is C20H22N2O3S. The molecule has 1 N–H and O–H groups in total. The van der Waals surface area contributed by atoms with Gasteiger partial charge in [-0.15, -0.1) is 11.8 Å². The van der Waals surface area contributed by atoms with Gasteiger partial charge in [-0.25, -0.2) is 0 Å². The van der Waals surface area contributed by atoms with Gasteiger partial charge >= 0.3 is 0 Å². The smallest absolute Gasteiger partial charge is 0.246 e. The number of amides is 2. The zero-order chi connectivity index (χ0) is 18.9. The Morgan fingerprint density at radius 2 is 1.96 bits per heavy atom. The summed E-state index contributed by atoms with van der Waals surface area (Å²) >= 11 is 1.55. The number of anilines is 1. The number of hydrogen-bond donors (Lipinski definition) is 1. The summed E-state index contributed by atoms with van der Waals surface area (Å²) in [4.78, 5) is 26.8. The summed E-state index contributed by atoms with van der Waals surface area (Å²) in [6.45, 7) is -0.0238. The molecule has 136 valence electrons. The van der Waals surface area contributed by atoms with Gasteiger partial charge in [0, 0.05) is 18.0 Å². The number of carbonyl (C=O) groups excluding carboxylic acids is 2. The average molecular weight is 370 g/mol. The molecule has 0 fully saturated rings. The summed E-state index contributed by atoms with van der Waals surface area (Å²) in [5, 5.41) is 2.84. The number of methoxy groups -OCH3 is 1. The van der Waals surface area contributed by atoms with Gasteiger partial charge in [-0.3, -0.25) is 9.59 Å². The Morgan fingerprint density at radius 1 is 1.19 bits per heavy atom. The lowest BCUT2D eigenvalue weighted by molar-refractivity contribution is -0.129. The number of likely N-dealkylation sites (N-methyl/N-ethyl adjacent to an activating group) is 1. The molecule has 0 saturated carbocycles. The highest BCUT2D eigenvalue weighted by Gasteiger charge is 2.12. The van der Waals surface area contributed by atoms with Gasteiger partial charge in [-0.1, -0.05) is 24.3 Å². The first kappa shape index (κ1) is 19.6. The zero-order valence-corrected chi connectivity index (χ0v) is 15.9. The minimum atomic E-state index is -0.249. The van der Waals surface area contributed by atoms with Crippen molar-refractivity contribution in [2.45, 2.75) is 4.90 Å². The van der Waals surface area contributed by atoms with Crippen molar-refractivity contribution in [1.29, 1.82) is 0 Å². The zero-order valence-electron chi connectivity index (χ0n) is 15.1. The number of hydrogen-bond acceptors (Lipinski definition) is 4. The van der Waals surface area contributed by atoms with E-state index >= 15 is 0 Å². The first-order valence-electron chi connectivity index (χ1n) is 8.03. The summed E-state index contributed by atoms with van der Waals surface area (Å²) < 4.78 is 5.15. The van der Waals surface area contributed by atoms with Crippen molar-refractivity contribution in [2.75, 3.05) is 32.3 Å². The molecule has 0 saturated heterocycles. The molecule has 0 spiro atoms. The highest BCUT2D eigenvalue weighted by Crippen LogP contribution is 2.24. The molecule has 0 radical (unpaired) electrons. The van der Waals surface area contributed by atoms with Crippen molar-refractivity contribution in [3.63, 3.8) is 0 Å². The van der Waals surface area contributed by atoms with Crippen molar-refractivity contribution in [1.82, 2.24) is 4.90 Å². The number of nitrogens with one attached hydrogen (secondary N) is 1. The Labute approximate surface area is 158 Å². The number of thioether (sulfide) groups is 1. The van der Waals surface area contributed by atoms with Crippen LogP contribution in [-0.4, -0.2) is 43.7 Å². The van der Waals surface area contributed by atoms with Crippen LogP contribution >= 0.6 is 11.8 Å². The molecule has 0 aliphatic heterocycles. The summed E-state index contributed by atoms with van der Waals surface area (Å²) in [5.41, 5.74) is 1.60. The number of nitrogens with zero attached hydrogens (tertiary/aromatic N) is 1. The highest BCUT2D eigenvalue weighted by atomic mass is 32.2. The van der Waals surface area contributed by atoms with Gasteiger partial charge in [-0.05, 0) is 42.2 Å². The number of ether oxygens (including phenoxy) is 1. The van der Waals surface area contributed by atoms with Gasteiger partial charge in [0.1, 0.15) is 5.75 Å². The molecule has 0 aliphatic rings. The van der Waals surface area contributed by atoms with Crippen LogP contribution in [0.5, 0.6) is 5.75 Å². The van der Waals surface area contributed by atoms with Gasteiger partial charge in [0.05, 0.1) is 19.3 Å². The van der Waals surface area contributed by atoms with E-state index in [1.165, 1.54) is 11.0 Å².